The summed E-state index contributed by atoms with van der Waals surface area (Å²) in [5, 5.41) is 10.5. The Labute approximate surface area is 195 Å². The number of hydrogen-bond acceptors (Lipinski definition) is 8. The quantitative estimate of drug-likeness (QED) is 0.422. The lowest BCUT2D eigenvalue weighted by molar-refractivity contribution is -0.135. The summed E-state index contributed by atoms with van der Waals surface area (Å²) in [6.45, 7) is -0.336. The minimum Gasteiger partial charge on any atom is -0.459 e. The standard InChI is InChI=1S/C26H22O8/c27-23(17-10-4-1-5-11-17)31-16-20-21(33-24(28)18-12-6-2-7-13-18)22(26(30)32-20)34-25(29)19-14-8-3-9-15-19/h1-15,20-22,26,30H,16H2/t20-,21-,22-,26?/m1/s1. The van der Waals surface area contributed by atoms with Gasteiger partial charge in [-0.05, 0) is 36.4 Å². The van der Waals surface area contributed by atoms with Gasteiger partial charge in [-0.25, -0.2) is 14.4 Å². The zero-order valence-electron chi connectivity index (χ0n) is 18.0. The first-order valence-electron chi connectivity index (χ1n) is 10.6. The number of carbonyl (C=O) groups is 3. The van der Waals surface area contributed by atoms with Crippen LogP contribution in [0.4, 0.5) is 0 Å². The number of esters is 3. The van der Waals surface area contributed by atoms with E-state index in [-0.39, 0.29) is 17.7 Å². The van der Waals surface area contributed by atoms with E-state index in [0.717, 1.165) is 0 Å². The average Bonchev–Trinajstić information content (AvgIpc) is 3.17. The maximum Gasteiger partial charge on any atom is 0.338 e. The van der Waals surface area contributed by atoms with Crippen LogP contribution < -0.4 is 0 Å². The van der Waals surface area contributed by atoms with Gasteiger partial charge in [-0.1, -0.05) is 54.6 Å². The fourth-order valence-electron chi connectivity index (χ4n) is 3.46. The fraction of sp³-hybridized carbons (Fsp3) is 0.192. The van der Waals surface area contributed by atoms with Crippen LogP contribution in [-0.4, -0.2) is 54.2 Å². The van der Waals surface area contributed by atoms with Gasteiger partial charge in [0.15, 0.2) is 18.5 Å². The predicted molar refractivity (Wildman–Crippen MR) is 119 cm³/mol. The summed E-state index contributed by atoms with van der Waals surface area (Å²) in [5.41, 5.74) is 0.838. The lowest BCUT2D eigenvalue weighted by atomic mass is 10.1. The van der Waals surface area contributed by atoms with Crippen molar-refractivity contribution in [2.45, 2.75) is 24.6 Å². The van der Waals surface area contributed by atoms with Gasteiger partial charge in [0.2, 0.25) is 0 Å². The van der Waals surface area contributed by atoms with E-state index in [1.807, 2.05) is 0 Å². The van der Waals surface area contributed by atoms with Crippen molar-refractivity contribution >= 4 is 17.9 Å². The van der Waals surface area contributed by atoms with Crippen LogP contribution in [0.1, 0.15) is 31.1 Å². The van der Waals surface area contributed by atoms with Gasteiger partial charge in [-0.15, -0.1) is 0 Å². The van der Waals surface area contributed by atoms with Gasteiger partial charge in [0.25, 0.3) is 0 Å². The summed E-state index contributed by atoms with van der Waals surface area (Å²) in [6, 6.07) is 24.7. The summed E-state index contributed by atoms with van der Waals surface area (Å²) in [6.07, 6.45) is -5.22. The molecule has 0 aromatic heterocycles. The Morgan fingerprint density at radius 2 is 1.06 bits per heavy atom. The first kappa shape index (κ1) is 23.2. The molecule has 34 heavy (non-hydrogen) atoms. The molecule has 8 nitrogen and oxygen atoms in total. The monoisotopic (exact) mass is 462 g/mol. The van der Waals surface area contributed by atoms with Crippen LogP contribution in [0.3, 0.4) is 0 Å². The van der Waals surface area contributed by atoms with E-state index in [0.29, 0.717) is 5.56 Å². The molecule has 3 aromatic carbocycles. The third-order valence-electron chi connectivity index (χ3n) is 5.18. The van der Waals surface area contributed by atoms with E-state index < -0.39 is 42.5 Å². The molecule has 1 fully saturated rings. The Hall–Kier alpha value is -4.01. The number of ether oxygens (including phenoxy) is 4. The molecule has 8 heteroatoms. The molecule has 0 radical (unpaired) electrons. The highest BCUT2D eigenvalue weighted by Gasteiger charge is 2.50. The van der Waals surface area contributed by atoms with Crippen LogP contribution in [0.2, 0.25) is 0 Å². The topological polar surface area (TPSA) is 108 Å². The highest BCUT2D eigenvalue weighted by atomic mass is 16.7. The molecule has 1 aliphatic heterocycles. The second-order valence-corrected chi connectivity index (χ2v) is 7.50. The van der Waals surface area contributed by atoms with Crippen molar-refractivity contribution in [3.63, 3.8) is 0 Å². The first-order valence-corrected chi connectivity index (χ1v) is 10.6. The Kier molecular flexibility index (Phi) is 7.31. The predicted octanol–water partition coefficient (Wildman–Crippen LogP) is 3.01. The lowest BCUT2D eigenvalue weighted by Crippen LogP contribution is -2.42. The molecule has 1 saturated heterocycles. The third-order valence-corrected chi connectivity index (χ3v) is 5.18. The molecular formula is C26H22O8. The molecule has 0 amide bonds. The highest BCUT2D eigenvalue weighted by Crippen LogP contribution is 2.28. The molecule has 0 saturated carbocycles. The maximum atomic E-state index is 12.7. The maximum absolute atomic E-state index is 12.7. The normalized spacial score (nSPS) is 21.4. The molecule has 4 atom stereocenters. The number of benzene rings is 3. The van der Waals surface area contributed by atoms with E-state index in [4.69, 9.17) is 18.9 Å². The number of aliphatic hydroxyl groups excluding tert-OH is 1. The molecule has 3 aromatic rings. The zero-order valence-corrected chi connectivity index (χ0v) is 18.0. The van der Waals surface area contributed by atoms with E-state index >= 15 is 0 Å². The molecule has 1 heterocycles. The van der Waals surface area contributed by atoms with Crippen LogP contribution in [0, 0.1) is 0 Å². The van der Waals surface area contributed by atoms with Crippen molar-refractivity contribution in [2.75, 3.05) is 6.61 Å². The van der Waals surface area contributed by atoms with E-state index in [1.54, 1.807) is 91.0 Å². The van der Waals surface area contributed by atoms with Gasteiger partial charge in [-0.3, -0.25) is 0 Å². The molecule has 4 rings (SSSR count). The van der Waals surface area contributed by atoms with Crippen molar-refractivity contribution < 1.29 is 38.4 Å². The van der Waals surface area contributed by atoms with E-state index in [9.17, 15) is 19.5 Å². The largest absolute Gasteiger partial charge is 0.459 e. The van der Waals surface area contributed by atoms with Gasteiger partial charge >= 0.3 is 17.9 Å². The molecule has 0 bridgehead atoms. The second kappa shape index (κ2) is 10.7. The second-order valence-electron chi connectivity index (χ2n) is 7.50. The molecule has 0 aliphatic carbocycles. The molecule has 1 unspecified atom stereocenters. The average molecular weight is 462 g/mol. The van der Waals surface area contributed by atoms with Crippen molar-refractivity contribution in [3.8, 4) is 0 Å². The Balaban J connectivity index is 1.51. The van der Waals surface area contributed by atoms with Gasteiger partial charge in [0, 0.05) is 0 Å². The molecular weight excluding hydrogens is 440 g/mol. The van der Waals surface area contributed by atoms with E-state index in [2.05, 4.69) is 0 Å². The number of carbonyl (C=O) groups excluding carboxylic acids is 3. The number of hydrogen-bond donors (Lipinski definition) is 1. The summed E-state index contributed by atoms with van der Waals surface area (Å²) in [7, 11) is 0. The van der Waals surface area contributed by atoms with Gasteiger partial charge in [0.1, 0.15) is 12.7 Å². The van der Waals surface area contributed by atoms with Crippen molar-refractivity contribution in [2.24, 2.45) is 0 Å². The Morgan fingerprint density at radius 1 is 0.647 bits per heavy atom. The van der Waals surface area contributed by atoms with Gasteiger partial charge in [-0.2, -0.15) is 0 Å². The van der Waals surface area contributed by atoms with Crippen molar-refractivity contribution in [1.82, 2.24) is 0 Å². The van der Waals surface area contributed by atoms with Crippen LogP contribution in [0.25, 0.3) is 0 Å². The van der Waals surface area contributed by atoms with Gasteiger partial charge in [0.05, 0.1) is 16.7 Å². The van der Waals surface area contributed by atoms with Crippen LogP contribution in [0.15, 0.2) is 91.0 Å². The first-order chi connectivity index (χ1) is 16.5. The molecule has 1 aliphatic rings. The molecule has 174 valence electrons. The van der Waals surface area contributed by atoms with Crippen LogP contribution in [0.5, 0.6) is 0 Å². The van der Waals surface area contributed by atoms with Gasteiger partial charge < -0.3 is 24.1 Å². The summed E-state index contributed by atoms with van der Waals surface area (Å²) >= 11 is 0. The molecule has 1 N–H and O–H groups in total. The minimum atomic E-state index is -1.60. The lowest BCUT2D eigenvalue weighted by Gasteiger charge is -2.23. The minimum absolute atomic E-state index is 0.252. The SMILES string of the molecule is O=C(OC[C@H]1OC(O)[C@H](OC(=O)c2ccccc2)[C@@H]1OC(=O)c1ccccc1)c1ccccc1. The summed E-state index contributed by atoms with van der Waals surface area (Å²) in [5.74, 6) is -2.05. The third kappa shape index (κ3) is 5.48. The van der Waals surface area contributed by atoms with Crippen LogP contribution in [-0.2, 0) is 18.9 Å². The molecule has 0 spiro atoms. The zero-order chi connectivity index (χ0) is 23.9. The van der Waals surface area contributed by atoms with Crippen molar-refractivity contribution in [1.29, 1.82) is 0 Å². The highest BCUT2D eigenvalue weighted by molar-refractivity contribution is 5.90. The van der Waals surface area contributed by atoms with Crippen molar-refractivity contribution in [3.05, 3.63) is 108 Å². The fourth-order valence-corrected chi connectivity index (χ4v) is 3.46. The Morgan fingerprint density at radius 3 is 1.53 bits per heavy atom. The summed E-state index contributed by atoms with van der Waals surface area (Å²) in [4.78, 5) is 37.6. The van der Waals surface area contributed by atoms with Crippen LogP contribution >= 0.6 is 0 Å². The summed E-state index contributed by atoms with van der Waals surface area (Å²) < 4.78 is 21.8. The smallest absolute Gasteiger partial charge is 0.338 e. The Bertz CT molecular complexity index is 1120. The number of aliphatic hydroxyl groups is 1. The van der Waals surface area contributed by atoms with E-state index in [1.165, 1.54) is 0 Å². The number of rotatable bonds is 7.